The van der Waals surface area contributed by atoms with Crippen LogP contribution in [-0.4, -0.2) is 32.9 Å². The summed E-state index contributed by atoms with van der Waals surface area (Å²) in [6, 6.07) is 14.1. The molecule has 0 N–H and O–H groups in total. The minimum Gasteiger partial charge on any atom is -0.496 e. The van der Waals surface area contributed by atoms with Crippen LogP contribution in [0.4, 0.5) is 5.69 Å². The number of carbonyl (C=O) groups is 1. The number of rotatable bonds is 7. The Bertz CT molecular complexity index is 822. The van der Waals surface area contributed by atoms with E-state index in [4.69, 9.17) is 4.74 Å². The number of halogens is 1. The predicted octanol–water partition coefficient (Wildman–Crippen LogP) is 3.24. The van der Waals surface area contributed by atoms with E-state index in [-0.39, 0.29) is 17.7 Å². The summed E-state index contributed by atoms with van der Waals surface area (Å²) in [5.41, 5.74) is 1.62. The van der Waals surface area contributed by atoms with E-state index in [1.807, 2.05) is 30.3 Å². The second-order valence-electron chi connectivity index (χ2n) is 5.20. The quantitative estimate of drug-likeness (QED) is 0.518. The van der Waals surface area contributed by atoms with E-state index in [9.17, 15) is 13.2 Å². The SMILES string of the molecule is COc1ccc(N(Cc2ccccc2)S(C)(=O)=O)cc1C(=O)CBr. The fourth-order valence-corrected chi connectivity index (χ4v) is 3.47. The summed E-state index contributed by atoms with van der Waals surface area (Å²) in [7, 11) is -2.04. The van der Waals surface area contributed by atoms with Crippen molar-refractivity contribution in [1.82, 2.24) is 0 Å². The van der Waals surface area contributed by atoms with Crippen molar-refractivity contribution in [2.75, 3.05) is 23.0 Å². The minimum absolute atomic E-state index is 0.129. The number of alkyl halides is 1. The van der Waals surface area contributed by atoms with Crippen molar-refractivity contribution in [3.63, 3.8) is 0 Å². The number of carbonyl (C=O) groups excluding carboxylic acids is 1. The fourth-order valence-electron chi connectivity index (χ4n) is 2.29. The van der Waals surface area contributed by atoms with Crippen molar-refractivity contribution in [3.8, 4) is 5.75 Å². The van der Waals surface area contributed by atoms with E-state index >= 15 is 0 Å². The highest BCUT2D eigenvalue weighted by atomic mass is 79.9. The molecule has 0 spiro atoms. The first-order chi connectivity index (χ1) is 11.4. The number of hydrogen-bond donors (Lipinski definition) is 0. The fraction of sp³-hybridized carbons (Fsp3) is 0.235. The molecule has 2 aromatic carbocycles. The van der Waals surface area contributed by atoms with Gasteiger partial charge >= 0.3 is 0 Å². The summed E-state index contributed by atoms with van der Waals surface area (Å²) < 4.78 is 31.0. The van der Waals surface area contributed by atoms with Crippen molar-refractivity contribution >= 4 is 37.4 Å². The van der Waals surface area contributed by atoms with Crippen LogP contribution in [0, 0.1) is 0 Å². The van der Waals surface area contributed by atoms with Crippen LogP contribution in [0.25, 0.3) is 0 Å². The van der Waals surface area contributed by atoms with Gasteiger partial charge in [-0.25, -0.2) is 8.42 Å². The number of hydrogen-bond acceptors (Lipinski definition) is 4. The van der Waals surface area contributed by atoms with Gasteiger partial charge in [0.05, 0.1) is 36.5 Å². The zero-order valence-electron chi connectivity index (χ0n) is 13.4. The van der Waals surface area contributed by atoms with Gasteiger partial charge in [0.25, 0.3) is 0 Å². The van der Waals surface area contributed by atoms with Gasteiger partial charge in [0.15, 0.2) is 5.78 Å². The Hall–Kier alpha value is -1.86. The van der Waals surface area contributed by atoms with Gasteiger partial charge in [-0.3, -0.25) is 9.10 Å². The summed E-state index contributed by atoms with van der Waals surface area (Å²) in [5.74, 6) is 0.234. The summed E-state index contributed by atoms with van der Waals surface area (Å²) in [4.78, 5) is 12.1. The number of anilines is 1. The first-order valence-electron chi connectivity index (χ1n) is 7.15. The first kappa shape index (κ1) is 18.5. The van der Waals surface area contributed by atoms with Crippen LogP contribution in [0.15, 0.2) is 48.5 Å². The number of ketones is 1. The third-order valence-electron chi connectivity index (χ3n) is 3.46. The van der Waals surface area contributed by atoms with Gasteiger partial charge in [-0.05, 0) is 23.8 Å². The Kier molecular flexibility index (Phi) is 6.01. The van der Waals surface area contributed by atoms with Crippen LogP contribution in [0.5, 0.6) is 5.75 Å². The lowest BCUT2D eigenvalue weighted by molar-refractivity contribution is 0.102. The zero-order valence-corrected chi connectivity index (χ0v) is 15.8. The number of sulfonamides is 1. The van der Waals surface area contributed by atoms with E-state index < -0.39 is 10.0 Å². The highest BCUT2D eigenvalue weighted by Crippen LogP contribution is 2.28. The van der Waals surface area contributed by atoms with Gasteiger partial charge in [0, 0.05) is 0 Å². The Morgan fingerprint density at radius 3 is 2.38 bits per heavy atom. The molecule has 0 aliphatic carbocycles. The second kappa shape index (κ2) is 7.81. The smallest absolute Gasteiger partial charge is 0.232 e. The lowest BCUT2D eigenvalue weighted by atomic mass is 10.1. The number of Topliss-reactive ketones (excluding diaryl/α,β-unsaturated/α-hetero) is 1. The highest BCUT2D eigenvalue weighted by Gasteiger charge is 2.21. The molecule has 0 aliphatic rings. The van der Waals surface area contributed by atoms with E-state index in [1.165, 1.54) is 11.4 Å². The molecule has 7 heteroatoms. The molecule has 0 aromatic heterocycles. The van der Waals surface area contributed by atoms with E-state index in [2.05, 4.69) is 15.9 Å². The number of ether oxygens (including phenoxy) is 1. The van der Waals surface area contributed by atoms with Crippen molar-refractivity contribution in [3.05, 3.63) is 59.7 Å². The molecule has 2 rings (SSSR count). The lowest BCUT2D eigenvalue weighted by Crippen LogP contribution is -2.29. The summed E-state index contributed by atoms with van der Waals surface area (Å²) >= 11 is 3.13. The molecular formula is C17H18BrNO4S. The van der Waals surface area contributed by atoms with Gasteiger partial charge in [-0.2, -0.15) is 0 Å². The molecule has 24 heavy (non-hydrogen) atoms. The monoisotopic (exact) mass is 411 g/mol. The zero-order chi connectivity index (χ0) is 17.7. The van der Waals surface area contributed by atoms with Crippen LogP contribution in [0.3, 0.4) is 0 Å². The van der Waals surface area contributed by atoms with Gasteiger partial charge < -0.3 is 4.74 Å². The average Bonchev–Trinajstić information content (AvgIpc) is 2.58. The molecule has 0 radical (unpaired) electrons. The number of benzene rings is 2. The molecule has 0 bridgehead atoms. The Labute approximate surface area is 150 Å². The van der Waals surface area contributed by atoms with E-state index in [1.54, 1.807) is 18.2 Å². The predicted molar refractivity (Wildman–Crippen MR) is 98.6 cm³/mol. The highest BCUT2D eigenvalue weighted by molar-refractivity contribution is 9.09. The maximum atomic E-state index is 12.2. The van der Waals surface area contributed by atoms with Crippen LogP contribution >= 0.6 is 15.9 Å². The average molecular weight is 412 g/mol. The molecule has 0 atom stereocenters. The van der Waals surface area contributed by atoms with Crippen LogP contribution in [0.2, 0.25) is 0 Å². The molecule has 0 fully saturated rings. The molecule has 0 unspecified atom stereocenters. The first-order valence-corrected chi connectivity index (χ1v) is 10.1. The normalized spacial score (nSPS) is 11.1. The van der Waals surface area contributed by atoms with Gasteiger partial charge in [0.1, 0.15) is 5.75 Å². The Balaban J connectivity index is 2.49. The topological polar surface area (TPSA) is 63.7 Å². The van der Waals surface area contributed by atoms with Gasteiger partial charge in [-0.15, -0.1) is 0 Å². The van der Waals surface area contributed by atoms with Gasteiger partial charge in [0.2, 0.25) is 10.0 Å². The Morgan fingerprint density at radius 1 is 1.17 bits per heavy atom. The molecule has 0 amide bonds. The summed E-state index contributed by atoms with van der Waals surface area (Å²) in [5, 5.41) is 0.129. The van der Waals surface area contributed by atoms with Crippen LogP contribution < -0.4 is 9.04 Å². The molecule has 0 aliphatic heterocycles. The molecule has 5 nitrogen and oxygen atoms in total. The minimum atomic E-state index is -3.52. The standard InChI is InChI=1S/C17H18BrNO4S/c1-23-17-9-8-14(10-15(17)16(20)11-18)19(24(2,21)22)12-13-6-4-3-5-7-13/h3-10H,11-12H2,1-2H3. The Morgan fingerprint density at radius 2 is 1.83 bits per heavy atom. The molecule has 0 heterocycles. The third kappa shape index (κ3) is 4.36. The van der Waals surface area contributed by atoms with Crippen LogP contribution in [0.1, 0.15) is 15.9 Å². The maximum Gasteiger partial charge on any atom is 0.232 e. The third-order valence-corrected chi connectivity index (χ3v) is 5.11. The largest absolute Gasteiger partial charge is 0.496 e. The van der Waals surface area contributed by atoms with Crippen LogP contribution in [-0.2, 0) is 16.6 Å². The molecule has 0 saturated carbocycles. The molecule has 0 saturated heterocycles. The summed E-state index contributed by atoms with van der Waals surface area (Å²) in [6.45, 7) is 0.188. The maximum absolute atomic E-state index is 12.2. The number of nitrogens with zero attached hydrogens (tertiary/aromatic N) is 1. The molecule has 128 valence electrons. The van der Waals surface area contributed by atoms with E-state index in [0.717, 1.165) is 11.8 Å². The second-order valence-corrected chi connectivity index (χ2v) is 7.66. The molecular weight excluding hydrogens is 394 g/mol. The summed E-state index contributed by atoms with van der Waals surface area (Å²) in [6.07, 6.45) is 1.14. The van der Waals surface area contributed by atoms with Crippen molar-refractivity contribution < 1.29 is 17.9 Å². The number of methoxy groups -OCH3 is 1. The van der Waals surface area contributed by atoms with Crippen molar-refractivity contribution in [1.29, 1.82) is 0 Å². The van der Waals surface area contributed by atoms with E-state index in [0.29, 0.717) is 17.0 Å². The van der Waals surface area contributed by atoms with Crippen molar-refractivity contribution in [2.24, 2.45) is 0 Å². The molecule has 2 aromatic rings. The lowest BCUT2D eigenvalue weighted by Gasteiger charge is -2.23. The van der Waals surface area contributed by atoms with Gasteiger partial charge in [-0.1, -0.05) is 46.3 Å². The van der Waals surface area contributed by atoms with Crippen molar-refractivity contribution in [2.45, 2.75) is 6.54 Å².